The molecule has 2 atom stereocenters. The zero-order chi connectivity index (χ0) is 12.5. The van der Waals surface area contributed by atoms with Crippen molar-refractivity contribution in [3.8, 4) is 0 Å². The largest absolute Gasteiger partial charge is 0.399 e. The normalized spacial score (nSPS) is 22.1. The maximum atomic E-state index is 5.74. The zero-order valence-corrected chi connectivity index (χ0v) is 10.5. The molecule has 2 N–H and O–H groups in total. The first kappa shape index (κ1) is 11.3. The van der Waals surface area contributed by atoms with Crippen LogP contribution < -0.4 is 5.73 Å². The predicted octanol–water partition coefficient (Wildman–Crippen LogP) is 2.56. The second-order valence-electron chi connectivity index (χ2n) is 5.11. The molecule has 0 aliphatic heterocycles. The van der Waals surface area contributed by atoms with Gasteiger partial charge in [-0.25, -0.2) is 0 Å². The predicted molar refractivity (Wildman–Crippen MR) is 69.1 cm³/mol. The number of rotatable bonds is 4. The molecule has 0 amide bonds. The van der Waals surface area contributed by atoms with Crippen LogP contribution in [-0.2, 0) is 12.8 Å². The Labute approximate surface area is 106 Å². The van der Waals surface area contributed by atoms with Crippen molar-refractivity contribution in [2.24, 2.45) is 5.92 Å². The summed E-state index contributed by atoms with van der Waals surface area (Å²) in [6.45, 7) is 2.22. The Kier molecular flexibility index (Phi) is 2.78. The highest BCUT2D eigenvalue weighted by Gasteiger charge is 2.37. The van der Waals surface area contributed by atoms with Crippen molar-refractivity contribution >= 4 is 5.69 Å². The maximum absolute atomic E-state index is 5.74. The average molecular weight is 243 g/mol. The minimum atomic E-state index is 0.523. The van der Waals surface area contributed by atoms with Gasteiger partial charge >= 0.3 is 0 Å². The Morgan fingerprint density at radius 3 is 2.94 bits per heavy atom. The van der Waals surface area contributed by atoms with Crippen LogP contribution in [0.15, 0.2) is 28.8 Å². The van der Waals surface area contributed by atoms with E-state index in [4.69, 9.17) is 10.3 Å². The molecular weight excluding hydrogens is 226 g/mol. The van der Waals surface area contributed by atoms with Crippen LogP contribution in [0, 0.1) is 5.92 Å². The summed E-state index contributed by atoms with van der Waals surface area (Å²) in [5.41, 5.74) is 7.74. The number of hydrogen-bond acceptors (Lipinski definition) is 4. The molecule has 3 rings (SSSR count). The van der Waals surface area contributed by atoms with Gasteiger partial charge < -0.3 is 10.3 Å². The number of aryl methyl sites for hydroxylation is 2. The van der Waals surface area contributed by atoms with Crippen molar-refractivity contribution in [3.05, 3.63) is 41.5 Å². The summed E-state index contributed by atoms with van der Waals surface area (Å²) in [6.07, 6.45) is 2.85. The van der Waals surface area contributed by atoms with E-state index in [0.717, 1.165) is 30.2 Å². The van der Waals surface area contributed by atoms with Gasteiger partial charge in [-0.2, -0.15) is 4.98 Å². The number of nitrogen functional groups attached to an aromatic ring is 1. The molecule has 1 fully saturated rings. The van der Waals surface area contributed by atoms with Gasteiger partial charge in [0.25, 0.3) is 0 Å². The van der Waals surface area contributed by atoms with Crippen LogP contribution in [0.5, 0.6) is 0 Å². The Morgan fingerprint density at radius 2 is 2.22 bits per heavy atom. The van der Waals surface area contributed by atoms with Gasteiger partial charge in [0.05, 0.1) is 0 Å². The zero-order valence-electron chi connectivity index (χ0n) is 10.5. The lowest BCUT2D eigenvalue weighted by molar-refractivity contribution is 0.372. The van der Waals surface area contributed by atoms with E-state index in [1.54, 1.807) is 0 Å². The molecule has 18 heavy (non-hydrogen) atoms. The van der Waals surface area contributed by atoms with Gasteiger partial charge in [-0.3, -0.25) is 0 Å². The van der Waals surface area contributed by atoms with E-state index < -0.39 is 0 Å². The van der Waals surface area contributed by atoms with Crippen molar-refractivity contribution in [3.63, 3.8) is 0 Å². The molecule has 4 heteroatoms. The second-order valence-corrected chi connectivity index (χ2v) is 5.11. The molecule has 0 bridgehead atoms. The lowest BCUT2D eigenvalue weighted by Gasteiger charge is -1.99. The highest BCUT2D eigenvalue weighted by molar-refractivity contribution is 5.40. The summed E-state index contributed by atoms with van der Waals surface area (Å²) in [7, 11) is 0. The fourth-order valence-electron chi connectivity index (χ4n) is 2.20. The van der Waals surface area contributed by atoms with Crippen molar-refractivity contribution in [2.75, 3.05) is 5.73 Å². The van der Waals surface area contributed by atoms with E-state index in [-0.39, 0.29) is 0 Å². The van der Waals surface area contributed by atoms with Crippen molar-refractivity contribution in [1.82, 2.24) is 10.1 Å². The van der Waals surface area contributed by atoms with Crippen LogP contribution in [0.1, 0.15) is 36.5 Å². The van der Waals surface area contributed by atoms with Crippen LogP contribution in [0.3, 0.4) is 0 Å². The van der Waals surface area contributed by atoms with Crippen LogP contribution in [-0.4, -0.2) is 10.1 Å². The molecule has 1 heterocycles. The third kappa shape index (κ3) is 2.37. The Morgan fingerprint density at radius 1 is 1.39 bits per heavy atom. The van der Waals surface area contributed by atoms with Gasteiger partial charge in [-0.05, 0) is 36.5 Å². The SMILES string of the molecule is CC1CC1c1noc(CCc2cccc(N)c2)n1. The molecule has 0 spiro atoms. The van der Waals surface area contributed by atoms with E-state index in [1.807, 2.05) is 18.2 Å². The van der Waals surface area contributed by atoms with Crippen molar-refractivity contribution in [1.29, 1.82) is 0 Å². The van der Waals surface area contributed by atoms with E-state index in [0.29, 0.717) is 11.8 Å². The molecule has 4 nitrogen and oxygen atoms in total. The highest BCUT2D eigenvalue weighted by Crippen LogP contribution is 2.45. The fourth-order valence-corrected chi connectivity index (χ4v) is 2.20. The number of benzene rings is 1. The van der Waals surface area contributed by atoms with Crippen LogP contribution in [0.4, 0.5) is 5.69 Å². The number of hydrogen-bond donors (Lipinski definition) is 1. The molecule has 1 aliphatic rings. The molecule has 2 aromatic rings. The molecule has 1 aliphatic carbocycles. The maximum Gasteiger partial charge on any atom is 0.226 e. The highest BCUT2D eigenvalue weighted by atomic mass is 16.5. The Hall–Kier alpha value is -1.84. The number of nitrogens with two attached hydrogens (primary N) is 1. The molecule has 1 aromatic carbocycles. The average Bonchev–Trinajstić information content (AvgIpc) is 2.91. The van der Waals surface area contributed by atoms with Gasteiger partial charge in [0.2, 0.25) is 5.89 Å². The van der Waals surface area contributed by atoms with Crippen LogP contribution >= 0.6 is 0 Å². The first-order chi connectivity index (χ1) is 8.72. The third-order valence-corrected chi connectivity index (χ3v) is 3.50. The van der Waals surface area contributed by atoms with E-state index in [2.05, 4.69) is 23.1 Å². The number of anilines is 1. The topological polar surface area (TPSA) is 64.9 Å². The Balaban J connectivity index is 1.61. The Bertz CT molecular complexity index is 549. The number of nitrogens with zero attached hydrogens (tertiary/aromatic N) is 2. The summed E-state index contributed by atoms with van der Waals surface area (Å²) in [6, 6.07) is 7.91. The standard InChI is InChI=1S/C14H17N3O/c1-9-7-12(9)14-16-13(18-17-14)6-5-10-3-2-4-11(15)8-10/h2-4,8-9,12H,5-7,15H2,1H3. The van der Waals surface area contributed by atoms with Crippen LogP contribution in [0.25, 0.3) is 0 Å². The first-order valence-corrected chi connectivity index (χ1v) is 6.39. The first-order valence-electron chi connectivity index (χ1n) is 6.39. The minimum absolute atomic E-state index is 0.523. The summed E-state index contributed by atoms with van der Waals surface area (Å²) in [4.78, 5) is 4.45. The van der Waals surface area contributed by atoms with Gasteiger partial charge in [-0.1, -0.05) is 24.2 Å². The van der Waals surface area contributed by atoms with Crippen molar-refractivity contribution in [2.45, 2.75) is 32.1 Å². The van der Waals surface area contributed by atoms with Gasteiger partial charge in [0, 0.05) is 18.0 Å². The second kappa shape index (κ2) is 4.44. The number of aromatic nitrogens is 2. The fraction of sp³-hybridized carbons (Fsp3) is 0.429. The molecule has 1 saturated carbocycles. The van der Waals surface area contributed by atoms with Gasteiger partial charge in [-0.15, -0.1) is 0 Å². The molecule has 0 saturated heterocycles. The summed E-state index contributed by atoms with van der Waals surface area (Å²) < 4.78 is 5.27. The molecule has 2 unspecified atom stereocenters. The molecular formula is C14H17N3O. The van der Waals surface area contributed by atoms with E-state index >= 15 is 0 Å². The molecule has 1 aromatic heterocycles. The molecule has 0 radical (unpaired) electrons. The van der Waals surface area contributed by atoms with Crippen LogP contribution in [0.2, 0.25) is 0 Å². The van der Waals surface area contributed by atoms with E-state index in [1.165, 1.54) is 12.0 Å². The quantitative estimate of drug-likeness (QED) is 0.838. The lowest BCUT2D eigenvalue weighted by atomic mass is 10.1. The van der Waals surface area contributed by atoms with E-state index in [9.17, 15) is 0 Å². The van der Waals surface area contributed by atoms with Gasteiger partial charge in [0.15, 0.2) is 5.82 Å². The van der Waals surface area contributed by atoms with Gasteiger partial charge in [0.1, 0.15) is 0 Å². The molecule has 94 valence electrons. The lowest BCUT2D eigenvalue weighted by Crippen LogP contribution is -1.94. The summed E-state index contributed by atoms with van der Waals surface area (Å²) >= 11 is 0. The monoisotopic (exact) mass is 243 g/mol. The van der Waals surface area contributed by atoms with Crippen molar-refractivity contribution < 1.29 is 4.52 Å². The third-order valence-electron chi connectivity index (χ3n) is 3.50. The smallest absolute Gasteiger partial charge is 0.226 e. The summed E-state index contributed by atoms with van der Waals surface area (Å²) in [5, 5.41) is 4.05. The minimum Gasteiger partial charge on any atom is -0.399 e. The summed E-state index contributed by atoms with van der Waals surface area (Å²) in [5.74, 6) is 2.84.